The fourth-order valence-corrected chi connectivity index (χ4v) is 9.79. The molecule has 0 aliphatic heterocycles. The van der Waals surface area contributed by atoms with Crippen LogP contribution in [-0.4, -0.2) is 74.9 Å². The first kappa shape index (κ1) is 76.9. The number of nitrogens with zero attached hydrogens (tertiary/aromatic N) is 1. The lowest BCUT2D eigenvalue weighted by Gasteiger charge is -2.24. The lowest BCUT2D eigenvalue weighted by Crippen LogP contribution is -2.37. The quantitative estimate of drug-likeness (QED) is 0.0211. The molecular weight excluding hydrogens is 1010 g/mol. The van der Waals surface area contributed by atoms with E-state index < -0.39 is 26.5 Å². The monoisotopic (exact) mass is 1140 g/mol. The van der Waals surface area contributed by atoms with Gasteiger partial charge in [-0.25, -0.2) is 4.57 Å². The lowest BCUT2D eigenvalue weighted by molar-refractivity contribution is -0.870. The Morgan fingerprint density at radius 1 is 0.400 bits per heavy atom. The SMILES string of the molecule is CC/C=C\C/C=C\C/C=C\C/C=C\C/C=C\C/C=C\CCCCCCCCCCCCCCC(=O)OC(COC(=O)CCCCCCCCCCCCCCC/C=C\C/C=C\CCCCCCC)COP(=O)(O)OCC[N+](C)(C)C. The van der Waals surface area contributed by atoms with Crippen LogP contribution < -0.4 is 0 Å². The van der Waals surface area contributed by atoms with E-state index in [-0.39, 0.29) is 32.0 Å². The third kappa shape index (κ3) is 64.1. The minimum absolute atomic E-state index is 0.0282. The molecule has 0 spiro atoms. The van der Waals surface area contributed by atoms with Crippen LogP contribution in [0.5, 0.6) is 0 Å². The minimum Gasteiger partial charge on any atom is -0.462 e. The van der Waals surface area contributed by atoms with E-state index in [9.17, 15) is 19.0 Å². The van der Waals surface area contributed by atoms with Crippen molar-refractivity contribution in [1.29, 1.82) is 0 Å². The largest absolute Gasteiger partial charge is 0.472 e. The van der Waals surface area contributed by atoms with Crippen LogP contribution in [0.1, 0.15) is 284 Å². The second-order valence-electron chi connectivity index (χ2n) is 23.1. The summed E-state index contributed by atoms with van der Waals surface area (Å²) in [6.07, 6.45) is 83.4. The zero-order chi connectivity index (χ0) is 58.4. The number of hydrogen-bond acceptors (Lipinski definition) is 7. The van der Waals surface area contributed by atoms with Crippen molar-refractivity contribution in [3.63, 3.8) is 0 Å². The number of rotatable bonds is 60. The summed E-state index contributed by atoms with van der Waals surface area (Å²) in [6, 6.07) is 0. The molecule has 2 unspecified atom stereocenters. The predicted octanol–water partition coefficient (Wildman–Crippen LogP) is 21.2. The fourth-order valence-electron chi connectivity index (χ4n) is 9.05. The molecule has 0 aromatic rings. The summed E-state index contributed by atoms with van der Waals surface area (Å²) >= 11 is 0. The maximum absolute atomic E-state index is 12.9. The first-order chi connectivity index (χ1) is 39.0. The first-order valence-electron chi connectivity index (χ1n) is 33.0. The molecule has 80 heavy (non-hydrogen) atoms. The number of quaternary nitrogens is 1. The maximum atomic E-state index is 12.9. The van der Waals surface area contributed by atoms with Crippen molar-refractivity contribution in [1.82, 2.24) is 0 Å². The van der Waals surface area contributed by atoms with Crippen LogP contribution in [0.25, 0.3) is 0 Å². The zero-order valence-corrected chi connectivity index (χ0v) is 53.4. The Morgan fingerprint density at radius 2 is 0.713 bits per heavy atom. The van der Waals surface area contributed by atoms with E-state index in [1.807, 2.05) is 21.1 Å². The average Bonchev–Trinajstić information content (AvgIpc) is 3.42. The highest BCUT2D eigenvalue weighted by molar-refractivity contribution is 7.47. The third-order valence-corrected chi connectivity index (χ3v) is 15.1. The van der Waals surface area contributed by atoms with Gasteiger partial charge < -0.3 is 18.9 Å². The number of phosphoric ester groups is 1. The van der Waals surface area contributed by atoms with Gasteiger partial charge in [-0.15, -0.1) is 0 Å². The number of unbranched alkanes of at least 4 members (excludes halogenated alkanes) is 30. The van der Waals surface area contributed by atoms with Gasteiger partial charge in [0.2, 0.25) is 0 Å². The van der Waals surface area contributed by atoms with E-state index in [0.29, 0.717) is 17.4 Å². The summed E-state index contributed by atoms with van der Waals surface area (Å²) in [4.78, 5) is 35.8. The number of esters is 2. The van der Waals surface area contributed by atoms with Crippen LogP contribution in [-0.2, 0) is 32.7 Å². The normalized spacial score (nSPS) is 13.8. The van der Waals surface area contributed by atoms with Gasteiger partial charge in [-0.1, -0.05) is 272 Å². The molecule has 462 valence electrons. The smallest absolute Gasteiger partial charge is 0.462 e. The molecule has 0 bridgehead atoms. The Balaban J connectivity index is 4.10. The molecule has 0 radical (unpaired) electrons. The highest BCUT2D eigenvalue weighted by atomic mass is 31.2. The van der Waals surface area contributed by atoms with E-state index in [4.69, 9.17) is 18.5 Å². The number of carbonyl (C=O) groups is 2. The van der Waals surface area contributed by atoms with Crippen LogP contribution in [0, 0.1) is 0 Å². The van der Waals surface area contributed by atoms with Crippen LogP contribution in [0.3, 0.4) is 0 Å². The predicted molar refractivity (Wildman–Crippen MR) is 344 cm³/mol. The number of hydrogen-bond donors (Lipinski definition) is 1. The van der Waals surface area contributed by atoms with Gasteiger partial charge in [0.15, 0.2) is 6.10 Å². The van der Waals surface area contributed by atoms with Crippen molar-refractivity contribution in [2.24, 2.45) is 0 Å². The Bertz CT molecular complexity index is 1670. The van der Waals surface area contributed by atoms with Gasteiger partial charge in [0.05, 0.1) is 27.7 Å². The molecule has 0 saturated heterocycles. The van der Waals surface area contributed by atoms with E-state index in [2.05, 4.69) is 111 Å². The van der Waals surface area contributed by atoms with E-state index in [1.54, 1.807) is 0 Å². The summed E-state index contributed by atoms with van der Waals surface area (Å²) in [6.45, 7) is 4.33. The van der Waals surface area contributed by atoms with E-state index in [1.165, 1.54) is 167 Å². The lowest BCUT2D eigenvalue weighted by atomic mass is 10.0. The van der Waals surface area contributed by atoms with Crippen LogP contribution in [0.15, 0.2) is 97.2 Å². The van der Waals surface area contributed by atoms with Crippen molar-refractivity contribution in [2.45, 2.75) is 290 Å². The van der Waals surface area contributed by atoms with Gasteiger partial charge >= 0.3 is 19.8 Å². The Kier molecular flexibility index (Phi) is 58.2. The number of ether oxygens (including phenoxy) is 2. The Hall–Kier alpha value is -3.07. The van der Waals surface area contributed by atoms with Crippen LogP contribution in [0.4, 0.5) is 0 Å². The van der Waals surface area contributed by atoms with Crippen LogP contribution in [0.2, 0.25) is 0 Å². The van der Waals surface area contributed by atoms with Gasteiger partial charge in [0.25, 0.3) is 0 Å². The zero-order valence-electron chi connectivity index (χ0n) is 52.5. The molecule has 0 rings (SSSR count). The maximum Gasteiger partial charge on any atom is 0.472 e. The van der Waals surface area contributed by atoms with Gasteiger partial charge in [0, 0.05) is 12.8 Å². The molecule has 0 aliphatic carbocycles. The number of phosphoric acid groups is 1. The molecule has 1 N–H and O–H groups in total. The molecule has 0 fully saturated rings. The molecule has 10 heteroatoms. The van der Waals surface area contributed by atoms with Crippen molar-refractivity contribution in [2.75, 3.05) is 47.5 Å². The summed E-state index contributed by atoms with van der Waals surface area (Å²) in [5.74, 6) is -0.796. The number of likely N-dealkylation sites (N-methyl/N-ethyl adjacent to an activating group) is 1. The molecule has 2 atom stereocenters. The van der Waals surface area contributed by atoms with Gasteiger partial charge in [-0.2, -0.15) is 0 Å². The van der Waals surface area contributed by atoms with Gasteiger partial charge in [-0.3, -0.25) is 18.6 Å². The number of allylic oxidation sites excluding steroid dienone is 16. The third-order valence-electron chi connectivity index (χ3n) is 14.1. The second-order valence-corrected chi connectivity index (χ2v) is 24.6. The summed E-state index contributed by atoms with van der Waals surface area (Å²) in [7, 11) is 1.47. The van der Waals surface area contributed by atoms with E-state index in [0.717, 1.165) is 83.5 Å². The molecule has 0 aromatic carbocycles. The molecule has 0 aromatic heterocycles. The van der Waals surface area contributed by atoms with Crippen molar-refractivity contribution in [3.05, 3.63) is 97.2 Å². The molecule has 9 nitrogen and oxygen atoms in total. The number of carbonyl (C=O) groups excluding carboxylic acids is 2. The van der Waals surface area contributed by atoms with Gasteiger partial charge in [0.1, 0.15) is 19.8 Å². The molecular formula is C70H125NO8P+. The topological polar surface area (TPSA) is 108 Å². The summed E-state index contributed by atoms with van der Waals surface area (Å²) in [5.41, 5.74) is 0. The van der Waals surface area contributed by atoms with Crippen molar-refractivity contribution in [3.8, 4) is 0 Å². The second kappa shape index (κ2) is 60.5. The van der Waals surface area contributed by atoms with Gasteiger partial charge in [-0.05, 0) is 96.3 Å². The Morgan fingerprint density at radius 3 is 1.06 bits per heavy atom. The van der Waals surface area contributed by atoms with E-state index >= 15 is 0 Å². The molecule has 0 heterocycles. The standard InChI is InChI=1S/C70H124NO8P/c1-6-8-10-12-14-16-18-20-22-24-26-28-30-32-33-34-35-36-37-39-41-43-45-47-49-51-53-55-57-59-61-63-70(73)79-68(67-78-80(74,75)77-65-64-71(3,4)5)66-76-69(72)62-60-58-56-54-52-50-48-46-44-42-40-38-31-29-27-25-23-21-19-17-15-13-11-9-7-2/h8,10,14,16,19-22,25-28,32-33,35-36,68H,6-7,9,11-13,15,17-18,23-24,29-31,34,37-67H2,1-5H3/p+1/b10-8-,16-14-,21-19-,22-20-,27-25-,28-26-,33-32-,36-35-. The molecule has 0 aliphatic rings. The van der Waals surface area contributed by atoms with Crippen molar-refractivity contribution >= 4 is 19.8 Å². The minimum atomic E-state index is -4.40. The first-order valence-corrected chi connectivity index (χ1v) is 34.5. The van der Waals surface area contributed by atoms with Crippen LogP contribution >= 0.6 is 7.82 Å². The average molecular weight is 1140 g/mol. The fraction of sp³-hybridized carbons (Fsp3) is 0.743. The highest BCUT2D eigenvalue weighted by Gasteiger charge is 2.27. The Labute approximate surface area is 493 Å². The molecule has 0 amide bonds. The highest BCUT2D eigenvalue weighted by Crippen LogP contribution is 2.43. The summed E-state index contributed by atoms with van der Waals surface area (Å²) in [5, 5.41) is 0. The molecule has 0 saturated carbocycles. The summed E-state index contributed by atoms with van der Waals surface area (Å²) < 4.78 is 34.7. The van der Waals surface area contributed by atoms with Crippen molar-refractivity contribution < 1.29 is 42.1 Å².